The van der Waals surface area contributed by atoms with Gasteiger partial charge >= 0.3 is 0 Å². The van der Waals surface area contributed by atoms with Crippen LogP contribution in [0.3, 0.4) is 0 Å². The Morgan fingerprint density at radius 3 is 2.41 bits per heavy atom. The van der Waals surface area contributed by atoms with E-state index in [9.17, 15) is 0 Å². The highest BCUT2D eigenvalue weighted by atomic mass is 16.5. The van der Waals surface area contributed by atoms with Crippen LogP contribution < -0.4 is 10.5 Å². The van der Waals surface area contributed by atoms with E-state index in [1.807, 2.05) is 24.3 Å². The van der Waals surface area contributed by atoms with Gasteiger partial charge in [-0.05, 0) is 30.2 Å². The molecule has 1 heterocycles. The summed E-state index contributed by atoms with van der Waals surface area (Å²) in [5.41, 5.74) is 8.52. The number of rotatable bonds is 3. The number of aromatic nitrogens is 1. The zero-order valence-corrected chi connectivity index (χ0v) is 10.2. The van der Waals surface area contributed by atoms with E-state index in [4.69, 9.17) is 15.0 Å². The number of hydrogen-bond donors (Lipinski definition) is 1. The van der Waals surface area contributed by atoms with Gasteiger partial charge in [-0.15, -0.1) is 0 Å². The summed E-state index contributed by atoms with van der Waals surface area (Å²) in [5.74, 6) is 1.49. The van der Waals surface area contributed by atoms with Gasteiger partial charge in [0.25, 0.3) is 0 Å². The summed E-state index contributed by atoms with van der Waals surface area (Å²) in [6, 6.07) is 7.68. The second-order valence-corrected chi connectivity index (χ2v) is 4.19. The third kappa shape index (κ3) is 2.11. The van der Waals surface area contributed by atoms with E-state index < -0.39 is 0 Å². The van der Waals surface area contributed by atoms with Gasteiger partial charge in [0.2, 0.25) is 5.88 Å². The molecule has 0 saturated heterocycles. The van der Waals surface area contributed by atoms with Crippen molar-refractivity contribution in [3.8, 4) is 17.0 Å². The first kappa shape index (κ1) is 11.5. The van der Waals surface area contributed by atoms with Crippen molar-refractivity contribution in [3.05, 3.63) is 29.8 Å². The lowest BCUT2D eigenvalue weighted by molar-refractivity contribution is 0.415. The summed E-state index contributed by atoms with van der Waals surface area (Å²) < 4.78 is 10.2. The Balaban J connectivity index is 2.45. The van der Waals surface area contributed by atoms with Crippen molar-refractivity contribution in [2.45, 2.75) is 19.8 Å². The van der Waals surface area contributed by atoms with Crippen molar-refractivity contribution in [1.82, 2.24) is 5.16 Å². The highest BCUT2D eigenvalue weighted by molar-refractivity contribution is 5.68. The largest absolute Gasteiger partial charge is 0.497 e. The summed E-state index contributed by atoms with van der Waals surface area (Å²) in [6.45, 7) is 4.13. The van der Waals surface area contributed by atoms with Gasteiger partial charge in [-0.1, -0.05) is 19.0 Å². The van der Waals surface area contributed by atoms with Crippen LogP contribution in [0.25, 0.3) is 11.3 Å². The number of nitrogen functional groups attached to an aromatic ring is 1. The molecular formula is C13H16N2O2. The number of nitrogens with zero attached hydrogens (tertiary/aromatic N) is 1. The van der Waals surface area contributed by atoms with Crippen LogP contribution in [0.2, 0.25) is 0 Å². The highest BCUT2D eigenvalue weighted by Gasteiger charge is 2.18. The Hall–Kier alpha value is -1.97. The van der Waals surface area contributed by atoms with E-state index in [-0.39, 0.29) is 5.92 Å². The van der Waals surface area contributed by atoms with Gasteiger partial charge in [0.1, 0.15) is 11.4 Å². The van der Waals surface area contributed by atoms with E-state index in [1.54, 1.807) is 7.11 Å². The van der Waals surface area contributed by atoms with E-state index in [0.717, 1.165) is 22.6 Å². The van der Waals surface area contributed by atoms with Gasteiger partial charge < -0.3 is 15.0 Å². The first-order valence-corrected chi connectivity index (χ1v) is 5.53. The van der Waals surface area contributed by atoms with Crippen LogP contribution in [-0.2, 0) is 0 Å². The van der Waals surface area contributed by atoms with E-state index in [1.165, 1.54) is 0 Å². The second kappa shape index (κ2) is 4.49. The van der Waals surface area contributed by atoms with Gasteiger partial charge in [0.05, 0.1) is 7.11 Å². The minimum atomic E-state index is 0.276. The van der Waals surface area contributed by atoms with Crippen LogP contribution in [0.4, 0.5) is 5.88 Å². The summed E-state index contributed by atoms with van der Waals surface area (Å²) in [6.07, 6.45) is 0. The molecular weight excluding hydrogens is 216 g/mol. The summed E-state index contributed by atoms with van der Waals surface area (Å²) >= 11 is 0. The Bertz CT molecular complexity index is 501. The van der Waals surface area contributed by atoms with E-state index in [2.05, 4.69) is 19.0 Å². The first-order chi connectivity index (χ1) is 8.13. The molecule has 4 heteroatoms. The number of nitrogens with two attached hydrogens (primary N) is 1. The zero-order valence-electron chi connectivity index (χ0n) is 10.2. The van der Waals surface area contributed by atoms with Gasteiger partial charge in [0.15, 0.2) is 0 Å². The molecule has 0 aliphatic rings. The predicted molar refractivity (Wildman–Crippen MR) is 67.0 cm³/mol. The molecule has 0 radical (unpaired) electrons. The first-order valence-electron chi connectivity index (χ1n) is 5.53. The Morgan fingerprint density at radius 1 is 1.24 bits per heavy atom. The SMILES string of the molecule is COc1ccc(-c2noc(N)c2C(C)C)cc1. The maximum absolute atomic E-state index is 5.78. The standard InChI is InChI=1S/C13H16N2O2/c1-8(2)11-12(15-17-13(11)14)9-4-6-10(16-3)7-5-9/h4-8H,14H2,1-3H3. The lowest BCUT2D eigenvalue weighted by Gasteiger charge is -2.06. The number of anilines is 1. The Morgan fingerprint density at radius 2 is 1.88 bits per heavy atom. The molecule has 0 aliphatic carbocycles. The summed E-state index contributed by atoms with van der Waals surface area (Å²) in [7, 11) is 1.64. The third-order valence-electron chi connectivity index (χ3n) is 2.70. The minimum absolute atomic E-state index is 0.276. The fraction of sp³-hybridized carbons (Fsp3) is 0.308. The summed E-state index contributed by atoms with van der Waals surface area (Å²) in [4.78, 5) is 0. The van der Waals surface area contributed by atoms with Crippen LogP contribution in [0, 0.1) is 0 Å². The van der Waals surface area contributed by atoms with Crippen molar-refractivity contribution in [2.75, 3.05) is 12.8 Å². The highest BCUT2D eigenvalue weighted by Crippen LogP contribution is 2.33. The van der Waals surface area contributed by atoms with Crippen LogP contribution in [0.1, 0.15) is 25.3 Å². The minimum Gasteiger partial charge on any atom is -0.497 e. The van der Waals surface area contributed by atoms with Crippen LogP contribution in [0.15, 0.2) is 28.8 Å². The predicted octanol–water partition coefficient (Wildman–Crippen LogP) is 3.06. The monoisotopic (exact) mass is 232 g/mol. The van der Waals surface area contributed by atoms with Crippen LogP contribution >= 0.6 is 0 Å². The normalized spacial score (nSPS) is 10.8. The molecule has 0 saturated carbocycles. The lowest BCUT2D eigenvalue weighted by atomic mass is 9.99. The molecule has 90 valence electrons. The van der Waals surface area contributed by atoms with E-state index in [0.29, 0.717) is 5.88 Å². The molecule has 0 spiro atoms. The summed E-state index contributed by atoms with van der Waals surface area (Å²) in [5, 5.41) is 4.02. The topological polar surface area (TPSA) is 61.3 Å². The molecule has 0 unspecified atom stereocenters. The van der Waals surface area contributed by atoms with E-state index >= 15 is 0 Å². The lowest BCUT2D eigenvalue weighted by Crippen LogP contribution is -1.94. The zero-order chi connectivity index (χ0) is 12.4. The molecule has 0 fully saturated rings. The molecule has 1 aromatic heterocycles. The molecule has 2 aromatic rings. The molecule has 0 bridgehead atoms. The van der Waals surface area contributed by atoms with Crippen molar-refractivity contribution in [1.29, 1.82) is 0 Å². The molecule has 2 rings (SSSR count). The number of ether oxygens (including phenoxy) is 1. The van der Waals surface area contributed by atoms with Crippen LogP contribution in [-0.4, -0.2) is 12.3 Å². The smallest absolute Gasteiger partial charge is 0.226 e. The van der Waals surface area contributed by atoms with Gasteiger partial charge in [-0.3, -0.25) is 0 Å². The Labute approximate surface area is 100 Å². The third-order valence-corrected chi connectivity index (χ3v) is 2.70. The van der Waals surface area contributed by atoms with Gasteiger partial charge in [0, 0.05) is 11.1 Å². The molecule has 0 atom stereocenters. The maximum atomic E-state index is 5.78. The van der Waals surface area contributed by atoms with Crippen molar-refractivity contribution < 1.29 is 9.26 Å². The average molecular weight is 232 g/mol. The van der Waals surface area contributed by atoms with Crippen molar-refractivity contribution in [3.63, 3.8) is 0 Å². The molecule has 0 amide bonds. The maximum Gasteiger partial charge on any atom is 0.226 e. The van der Waals surface area contributed by atoms with Gasteiger partial charge in [-0.2, -0.15) is 0 Å². The second-order valence-electron chi connectivity index (χ2n) is 4.19. The fourth-order valence-corrected chi connectivity index (χ4v) is 1.82. The number of methoxy groups -OCH3 is 1. The molecule has 2 N–H and O–H groups in total. The quantitative estimate of drug-likeness (QED) is 0.883. The van der Waals surface area contributed by atoms with Crippen molar-refractivity contribution in [2.24, 2.45) is 0 Å². The molecule has 0 aliphatic heterocycles. The fourth-order valence-electron chi connectivity index (χ4n) is 1.82. The Kier molecular flexibility index (Phi) is 3.04. The van der Waals surface area contributed by atoms with Crippen molar-refractivity contribution >= 4 is 5.88 Å². The molecule has 17 heavy (non-hydrogen) atoms. The molecule has 4 nitrogen and oxygen atoms in total. The van der Waals surface area contributed by atoms with Gasteiger partial charge in [-0.25, -0.2) is 0 Å². The average Bonchev–Trinajstić information content (AvgIpc) is 2.71. The van der Waals surface area contributed by atoms with Crippen LogP contribution in [0.5, 0.6) is 5.75 Å². The molecule has 1 aromatic carbocycles. The number of benzene rings is 1. The number of hydrogen-bond acceptors (Lipinski definition) is 4.